The first-order valence-electron chi connectivity index (χ1n) is 6.52. The van der Waals surface area contributed by atoms with Crippen molar-refractivity contribution in [3.05, 3.63) is 57.6 Å². The van der Waals surface area contributed by atoms with E-state index in [9.17, 15) is 0 Å². The third kappa shape index (κ3) is 4.27. The van der Waals surface area contributed by atoms with Gasteiger partial charge in [-0.05, 0) is 42.9 Å². The molecule has 21 heavy (non-hydrogen) atoms. The van der Waals surface area contributed by atoms with Crippen molar-refractivity contribution >= 4 is 23.2 Å². The molecule has 0 aliphatic heterocycles. The normalized spacial score (nSPS) is 10.5. The Morgan fingerprint density at radius 2 is 1.86 bits per heavy atom. The van der Waals surface area contributed by atoms with Gasteiger partial charge >= 0.3 is 0 Å². The molecule has 0 saturated carbocycles. The van der Waals surface area contributed by atoms with Crippen LogP contribution in [0.25, 0.3) is 0 Å². The van der Waals surface area contributed by atoms with Gasteiger partial charge in [0.05, 0.1) is 7.11 Å². The van der Waals surface area contributed by atoms with Gasteiger partial charge in [0.1, 0.15) is 6.61 Å². The fourth-order valence-electron chi connectivity index (χ4n) is 1.95. The van der Waals surface area contributed by atoms with E-state index in [1.54, 1.807) is 25.3 Å². The van der Waals surface area contributed by atoms with Crippen LogP contribution in [0.4, 0.5) is 0 Å². The number of rotatable bonds is 6. The number of ether oxygens (including phenoxy) is 2. The molecule has 0 aliphatic rings. The fourth-order valence-corrected chi connectivity index (χ4v) is 2.32. The molecule has 112 valence electrons. The van der Waals surface area contributed by atoms with E-state index >= 15 is 0 Å². The topological polar surface area (TPSA) is 30.5 Å². The highest BCUT2D eigenvalue weighted by molar-refractivity contribution is 6.33. The summed E-state index contributed by atoms with van der Waals surface area (Å²) in [5.41, 5.74) is 1.97. The fraction of sp³-hybridized carbons (Fsp3) is 0.250. The Labute approximate surface area is 134 Å². The maximum absolute atomic E-state index is 6.12. The summed E-state index contributed by atoms with van der Waals surface area (Å²) in [6.45, 7) is 1.11. The second-order valence-electron chi connectivity index (χ2n) is 4.54. The molecule has 0 heterocycles. The molecule has 0 aliphatic carbocycles. The van der Waals surface area contributed by atoms with E-state index in [1.807, 2.05) is 25.2 Å². The number of hydrogen-bond acceptors (Lipinski definition) is 3. The predicted molar refractivity (Wildman–Crippen MR) is 86.6 cm³/mol. The summed E-state index contributed by atoms with van der Waals surface area (Å²) in [6, 6.07) is 11.1. The highest BCUT2D eigenvalue weighted by Gasteiger charge is 2.08. The lowest BCUT2D eigenvalue weighted by Crippen LogP contribution is -2.05. The summed E-state index contributed by atoms with van der Waals surface area (Å²) in [7, 11) is 3.52. The highest BCUT2D eigenvalue weighted by atomic mass is 35.5. The lowest BCUT2D eigenvalue weighted by Gasteiger charge is -2.13. The second-order valence-corrected chi connectivity index (χ2v) is 5.38. The zero-order chi connectivity index (χ0) is 15.2. The van der Waals surface area contributed by atoms with Gasteiger partial charge in [-0.3, -0.25) is 0 Å². The molecule has 3 nitrogen and oxygen atoms in total. The molecule has 0 radical (unpaired) electrons. The number of halogens is 2. The highest BCUT2D eigenvalue weighted by Crippen LogP contribution is 2.30. The maximum Gasteiger partial charge on any atom is 0.161 e. The van der Waals surface area contributed by atoms with Crippen LogP contribution in [0, 0.1) is 0 Å². The number of nitrogens with one attached hydrogen (secondary N) is 1. The maximum atomic E-state index is 6.12. The molecule has 0 amide bonds. The van der Waals surface area contributed by atoms with Gasteiger partial charge in [0, 0.05) is 22.2 Å². The average Bonchev–Trinajstić information content (AvgIpc) is 2.49. The summed E-state index contributed by atoms with van der Waals surface area (Å²) in [4.78, 5) is 0. The minimum atomic E-state index is 0.334. The van der Waals surface area contributed by atoms with E-state index in [2.05, 4.69) is 5.32 Å². The molecular formula is C16H17Cl2NO2. The van der Waals surface area contributed by atoms with Gasteiger partial charge in [0.25, 0.3) is 0 Å². The van der Waals surface area contributed by atoms with Crippen molar-refractivity contribution in [2.75, 3.05) is 14.2 Å². The molecular weight excluding hydrogens is 309 g/mol. The molecule has 0 spiro atoms. The van der Waals surface area contributed by atoms with E-state index in [0.29, 0.717) is 28.2 Å². The summed E-state index contributed by atoms with van der Waals surface area (Å²) in [5.74, 6) is 1.37. The molecule has 1 N–H and O–H groups in total. The number of benzene rings is 2. The van der Waals surface area contributed by atoms with Crippen LogP contribution in [0.3, 0.4) is 0 Å². The molecule has 5 heteroatoms. The second kappa shape index (κ2) is 7.55. The van der Waals surface area contributed by atoms with Crippen LogP contribution in [0.1, 0.15) is 11.1 Å². The summed E-state index contributed by atoms with van der Waals surface area (Å²) >= 11 is 12.1. The Hall–Kier alpha value is -1.42. The van der Waals surface area contributed by atoms with Crippen molar-refractivity contribution in [1.29, 1.82) is 0 Å². The van der Waals surface area contributed by atoms with Gasteiger partial charge in [0.2, 0.25) is 0 Å². The van der Waals surface area contributed by atoms with Gasteiger partial charge in [-0.25, -0.2) is 0 Å². The van der Waals surface area contributed by atoms with Gasteiger partial charge in [0.15, 0.2) is 11.5 Å². The summed E-state index contributed by atoms with van der Waals surface area (Å²) in [6.07, 6.45) is 0. The first-order valence-corrected chi connectivity index (χ1v) is 7.28. The SMILES string of the molecule is CNCc1ccc(OCc2cc(Cl)ccc2Cl)c(OC)c1. The molecule has 0 bridgehead atoms. The Morgan fingerprint density at radius 1 is 1.05 bits per heavy atom. The lowest BCUT2D eigenvalue weighted by molar-refractivity contribution is 0.284. The summed E-state index contributed by atoms with van der Waals surface area (Å²) in [5, 5.41) is 4.36. The van der Waals surface area contributed by atoms with Gasteiger partial charge in [-0.1, -0.05) is 29.3 Å². The van der Waals surface area contributed by atoms with Gasteiger partial charge in [-0.15, -0.1) is 0 Å². The van der Waals surface area contributed by atoms with Crippen LogP contribution in [0.5, 0.6) is 11.5 Å². The lowest BCUT2D eigenvalue weighted by atomic mass is 10.2. The molecule has 2 aromatic carbocycles. The van der Waals surface area contributed by atoms with Crippen molar-refractivity contribution in [2.45, 2.75) is 13.2 Å². The third-order valence-electron chi connectivity index (χ3n) is 3.00. The van der Waals surface area contributed by atoms with Crippen LogP contribution in [0.15, 0.2) is 36.4 Å². The molecule has 0 saturated heterocycles. The monoisotopic (exact) mass is 325 g/mol. The van der Waals surface area contributed by atoms with Crippen molar-refractivity contribution in [3.63, 3.8) is 0 Å². The van der Waals surface area contributed by atoms with Crippen molar-refractivity contribution < 1.29 is 9.47 Å². The van der Waals surface area contributed by atoms with E-state index < -0.39 is 0 Å². The van der Waals surface area contributed by atoms with Crippen LogP contribution in [-0.2, 0) is 13.2 Å². The molecule has 2 aromatic rings. The molecule has 2 rings (SSSR count). The van der Waals surface area contributed by atoms with Crippen LogP contribution >= 0.6 is 23.2 Å². The van der Waals surface area contributed by atoms with Crippen LogP contribution in [-0.4, -0.2) is 14.2 Å². The average molecular weight is 326 g/mol. The van der Waals surface area contributed by atoms with Gasteiger partial charge in [-0.2, -0.15) is 0 Å². The predicted octanol–water partition coefficient (Wildman–Crippen LogP) is 4.30. The Balaban J connectivity index is 2.14. The standard InChI is InChI=1S/C16H17Cl2NO2/c1-19-9-11-3-6-15(16(7-11)20-2)21-10-12-8-13(17)4-5-14(12)18/h3-8,19H,9-10H2,1-2H3. The Bertz CT molecular complexity index is 617. The summed E-state index contributed by atoms with van der Waals surface area (Å²) < 4.78 is 11.2. The first kappa shape index (κ1) is 16.0. The van der Waals surface area contributed by atoms with Gasteiger partial charge < -0.3 is 14.8 Å². The van der Waals surface area contributed by atoms with Crippen molar-refractivity contribution in [2.24, 2.45) is 0 Å². The Morgan fingerprint density at radius 3 is 2.57 bits per heavy atom. The minimum absolute atomic E-state index is 0.334. The van der Waals surface area contributed by atoms with Crippen LogP contribution < -0.4 is 14.8 Å². The largest absolute Gasteiger partial charge is 0.493 e. The zero-order valence-electron chi connectivity index (χ0n) is 12.0. The van der Waals surface area contributed by atoms with Crippen molar-refractivity contribution in [3.8, 4) is 11.5 Å². The molecule has 0 fully saturated rings. The third-order valence-corrected chi connectivity index (χ3v) is 3.60. The Kier molecular flexibility index (Phi) is 5.74. The smallest absolute Gasteiger partial charge is 0.161 e. The van der Waals surface area contributed by atoms with Crippen molar-refractivity contribution in [1.82, 2.24) is 5.32 Å². The van der Waals surface area contributed by atoms with E-state index in [1.165, 1.54) is 0 Å². The number of hydrogen-bond donors (Lipinski definition) is 1. The molecule has 0 atom stereocenters. The minimum Gasteiger partial charge on any atom is -0.493 e. The zero-order valence-corrected chi connectivity index (χ0v) is 13.5. The number of methoxy groups -OCH3 is 1. The molecule has 0 aromatic heterocycles. The molecule has 0 unspecified atom stereocenters. The van der Waals surface area contributed by atoms with E-state index in [4.69, 9.17) is 32.7 Å². The van der Waals surface area contributed by atoms with E-state index in [-0.39, 0.29) is 0 Å². The quantitative estimate of drug-likeness (QED) is 0.858. The van der Waals surface area contributed by atoms with Crippen LogP contribution in [0.2, 0.25) is 10.0 Å². The first-order chi connectivity index (χ1) is 10.1. The van der Waals surface area contributed by atoms with E-state index in [0.717, 1.165) is 17.7 Å².